The Labute approximate surface area is 117 Å². The molecule has 0 atom stereocenters. The smallest absolute Gasteiger partial charge is 0.148 e. The van der Waals surface area contributed by atoms with E-state index in [-0.39, 0.29) is 0 Å². The molecule has 102 valence electrons. The van der Waals surface area contributed by atoms with Crippen molar-refractivity contribution in [1.29, 1.82) is 0 Å². The Kier molecular flexibility index (Phi) is 3.60. The van der Waals surface area contributed by atoms with Gasteiger partial charge in [0, 0.05) is 35.8 Å². The van der Waals surface area contributed by atoms with Crippen LogP contribution in [0.4, 0.5) is 5.82 Å². The fraction of sp³-hybridized carbons (Fsp3) is 0.200. The average molecular weight is 267 g/mol. The summed E-state index contributed by atoms with van der Waals surface area (Å²) >= 11 is 0. The Morgan fingerprint density at radius 2 is 1.95 bits per heavy atom. The van der Waals surface area contributed by atoms with Gasteiger partial charge in [-0.3, -0.25) is 0 Å². The minimum Gasteiger partial charge on any atom is -0.367 e. The molecule has 2 heterocycles. The van der Waals surface area contributed by atoms with E-state index in [1.165, 1.54) is 0 Å². The molecule has 1 aromatic carbocycles. The number of likely N-dealkylation sites (N-methyl/N-ethyl adjacent to an activating group) is 1. The second kappa shape index (κ2) is 5.71. The van der Waals surface area contributed by atoms with Crippen LogP contribution in [0.5, 0.6) is 0 Å². The highest BCUT2D eigenvalue weighted by Gasteiger charge is 2.07. The van der Waals surface area contributed by atoms with Gasteiger partial charge < -0.3 is 15.6 Å². The summed E-state index contributed by atoms with van der Waals surface area (Å²) in [5.74, 6) is 0.795. The van der Waals surface area contributed by atoms with Crippen molar-refractivity contribution in [3.05, 3.63) is 42.6 Å². The summed E-state index contributed by atoms with van der Waals surface area (Å²) in [5, 5.41) is 16.0. The summed E-state index contributed by atoms with van der Waals surface area (Å²) in [4.78, 5) is 3.25. The third-order valence-corrected chi connectivity index (χ3v) is 3.21. The van der Waals surface area contributed by atoms with Crippen molar-refractivity contribution in [2.75, 3.05) is 25.5 Å². The van der Waals surface area contributed by atoms with Crippen LogP contribution < -0.4 is 10.6 Å². The lowest BCUT2D eigenvalue weighted by atomic mass is 10.1. The summed E-state index contributed by atoms with van der Waals surface area (Å²) in [5.41, 5.74) is 3.07. The summed E-state index contributed by atoms with van der Waals surface area (Å²) < 4.78 is 0. The molecule has 3 N–H and O–H groups in total. The van der Waals surface area contributed by atoms with Gasteiger partial charge >= 0.3 is 0 Å². The Morgan fingerprint density at radius 1 is 1.05 bits per heavy atom. The van der Waals surface area contributed by atoms with Gasteiger partial charge in [0.2, 0.25) is 0 Å². The van der Waals surface area contributed by atoms with E-state index in [0.717, 1.165) is 41.1 Å². The summed E-state index contributed by atoms with van der Waals surface area (Å²) in [6.07, 6.45) is 1.97. The van der Waals surface area contributed by atoms with Crippen molar-refractivity contribution in [3.8, 4) is 11.3 Å². The number of benzene rings is 1. The first kappa shape index (κ1) is 12.6. The fourth-order valence-electron chi connectivity index (χ4n) is 2.17. The minimum atomic E-state index is 0.795. The standard InChI is InChI=1S/C15H17N5/c1-16-8-9-17-15-7-6-14(19-20-15)12-10-18-13-5-3-2-4-11(12)13/h2-7,10,16,18H,8-9H2,1H3,(H,17,20). The van der Waals surface area contributed by atoms with Gasteiger partial charge in [-0.1, -0.05) is 18.2 Å². The van der Waals surface area contributed by atoms with Gasteiger partial charge in [-0.15, -0.1) is 10.2 Å². The van der Waals surface area contributed by atoms with E-state index in [1.807, 2.05) is 37.5 Å². The monoisotopic (exact) mass is 267 g/mol. The van der Waals surface area contributed by atoms with Gasteiger partial charge in [-0.25, -0.2) is 0 Å². The van der Waals surface area contributed by atoms with Crippen LogP contribution in [0, 0.1) is 0 Å². The molecule has 3 aromatic rings. The quantitative estimate of drug-likeness (QED) is 0.620. The number of hydrogen-bond donors (Lipinski definition) is 3. The van der Waals surface area contributed by atoms with E-state index in [0.29, 0.717) is 0 Å². The average Bonchev–Trinajstić information content (AvgIpc) is 2.92. The van der Waals surface area contributed by atoms with E-state index >= 15 is 0 Å². The van der Waals surface area contributed by atoms with Gasteiger partial charge in [0.25, 0.3) is 0 Å². The van der Waals surface area contributed by atoms with Crippen LogP contribution in [0.3, 0.4) is 0 Å². The first-order valence-electron chi connectivity index (χ1n) is 6.67. The number of nitrogens with zero attached hydrogens (tertiary/aromatic N) is 2. The second-order valence-corrected chi connectivity index (χ2v) is 4.58. The van der Waals surface area contributed by atoms with Crippen LogP contribution >= 0.6 is 0 Å². The van der Waals surface area contributed by atoms with Crippen LogP contribution in [0.1, 0.15) is 0 Å². The number of fused-ring (bicyclic) bond motifs is 1. The zero-order chi connectivity index (χ0) is 13.8. The molecule has 0 spiro atoms. The number of aromatic nitrogens is 3. The molecule has 0 aliphatic rings. The predicted molar refractivity (Wildman–Crippen MR) is 81.7 cm³/mol. The largest absolute Gasteiger partial charge is 0.367 e. The molecule has 20 heavy (non-hydrogen) atoms. The van der Waals surface area contributed by atoms with Crippen LogP contribution in [-0.2, 0) is 0 Å². The van der Waals surface area contributed by atoms with Crippen molar-refractivity contribution < 1.29 is 0 Å². The molecule has 0 aliphatic carbocycles. The number of para-hydroxylation sites is 1. The number of anilines is 1. The zero-order valence-corrected chi connectivity index (χ0v) is 11.4. The van der Waals surface area contributed by atoms with E-state index in [1.54, 1.807) is 0 Å². The van der Waals surface area contributed by atoms with Gasteiger partial charge in [-0.2, -0.15) is 0 Å². The van der Waals surface area contributed by atoms with E-state index in [9.17, 15) is 0 Å². The van der Waals surface area contributed by atoms with Crippen molar-refractivity contribution in [2.45, 2.75) is 0 Å². The highest BCUT2D eigenvalue weighted by atomic mass is 15.2. The fourth-order valence-corrected chi connectivity index (χ4v) is 2.17. The lowest BCUT2D eigenvalue weighted by molar-refractivity contribution is 0.818. The lowest BCUT2D eigenvalue weighted by Crippen LogP contribution is -2.18. The summed E-state index contributed by atoms with van der Waals surface area (Å²) in [6.45, 7) is 1.73. The molecule has 0 amide bonds. The molecule has 0 saturated heterocycles. The molecule has 2 aromatic heterocycles. The third kappa shape index (κ3) is 2.48. The molecule has 5 nitrogen and oxygen atoms in total. The first-order chi connectivity index (χ1) is 9.88. The van der Waals surface area contributed by atoms with Gasteiger partial charge in [0.15, 0.2) is 0 Å². The number of rotatable bonds is 5. The number of hydrogen-bond acceptors (Lipinski definition) is 4. The topological polar surface area (TPSA) is 65.6 Å². The van der Waals surface area contributed by atoms with Gasteiger partial charge in [0.05, 0.1) is 5.69 Å². The Hall–Kier alpha value is -2.40. The molecule has 5 heteroatoms. The maximum absolute atomic E-state index is 4.30. The Bertz CT molecular complexity index is 687. The predicted octanol–water partition coefficient (Wildman–Crippen LogP) is 2.26. The molecule has 0 unspecified atom stereocenters. The maximum atomic E-state index is 4.30. The summed E-state index contributed by atoms with van der Waals surface area (Å²) in [6, 6.07) is 12.1. The summed E-state index contributed by atoms with van der Waals surface area (Å²) in [7, 11) is 1.92. The zero-order valence-electron chi connectivity index (χ0n) is 11.4. The van der Waals surface area contributed by atoms with Crippen LogP contribution in [0.2, 0.25) is 0 Å². The third-order valence-electron chi connectivity index (χ3n) is 3.21. The van der Waals surface area contributed by atoms with E-state index < -0.39 is 0 Å². The molecule has 0 aliphatic heterocycles. The number of H-pyrrole nitrogens is 1. The molecule has 0 fully saturated rings. The minimum absolute atomic E-state index is 0.795. The number of nitrogens with one attached hydrogen (secondary N) is 3. The lowest BCUT2D eigenvalue weighted by Gasteiger charge is -2.04. The maximum Gasteiger partial charge on any atom is 0.148 e. The Morgan fingerprint density at radius 3 is 2.75 bits per heavy atom. The normalized spacial score (nSPS) is 10.8. The molecule has 0 radical (unpaired) electrons. The highest BCUT2D eigenvalue weighted by molar-refractivity contribution is 5.94. The SMILES string of the molecule is CNCCNc1ccc(-c2c[nH]c3ccccc23)nn1. The molecular formula is C15H17N5. The molecule has 0 bridgehead atoms. The van der Waals surface area contributed by atoms with Crippen molar-refractivity contribution in [2.24, 2.45) is 0 Å². The first-order valence-corrected chi connectivity index (χ1v) is 6.67. The molecule has 0 saturated carbocycles. The second-order valence-electron chi connectivity index (χ2n) is 4.58. The van der Waals surface area contributed by atoms with Gasteiger partial charge in [0.1, 0.15) is 5.82 Å². The molecular weight excluding hydrogens is 250 g/mol. The molecule has 3 rings (SSSR count). The van der Waals surface area contributed by atoms with Crippen LogP contribution in [-0.4, -0.2) is 35.3 Å². The highest BCUT2D eigenvalue weighted by Crippen LogP contribution is 2.26. The van der Waals surface area contributed by atoms with Crippen molar-refractivity contribution in [1.82, 2.24) is 20.5 Å². The van der Waals surface area contributed by atoms with E-state index in [2.05, 4.69) is 37.9 Å². The number of aromatic amines is 1. The van der Waals surface area contributed by atoms with Crippen molar-refractivity contribution in [3.63, 3.8) is 0 Å². The van der Waals surface area contributed by atoms with Crippen molar-refractivity contribution >= 4 is 16.7 Å². The van der Waals surface area contributed by atoms with E-state index in [4.69, 9.17) is 0 Å². The Balaban J connectivity index is 1.84. The van der Waals surface area contributed by atoms with Gasteiger partial charge in [-0.05, 0) is 25.2 Å². The van der Waals surface area contributed by atoms with Crippen LogP contribution in [0.25, 0.3) is 22.2 Å². The van der Waals surface area contributed by atoms with Crippen LogP contribution in [0.15, 0.2) is 42.6 Å².